The lowest BCUT2D eigenvalue weighted by atomic mass is 10.0. The summed E-state index contributed by atoms with van der Waals surface area (Å²) in [6.45, 7) is 4.94. The predicted octanol–water partition coefficient (Wildman–Crippen LogP) is 1.27. The highest BCUT2D eigenvalue weighted by Gasteiger charge is 2.30. The van der Waals surface area contributed by atoms with Gasteiger partial charge in [0, 0.05) is 13.1 Å². The molecule has 0 bridgehead atoms. The van der Waals surface area contributed by atoms with Crippen LogP contribution in [0.5, 0.6) is 0 Å². The van der Waals surface area contributed by atoms with Crippen molar-refractivity contribution in [2.45, 2.75) is 31.3 Å². The zero-order valence-electron chi connectivity index (χ0n) is 12.5. The minimum absolute atomic E-state index is 0.167. The number of hydrogen-bond donors (Lipinski definition) is 1. The normalized spacial score (nSPS) is 20.9. The molecule has 1 aliphatic rings. The van der Waals surface area contributed by atoms with Crippen molar-refractivity contribution >= 4 is 10.0 Å². The summed E-state index contributed by atoms with van der Waals surface area (Å²) < 4.78 is 31.8. The molecule has 118 valence electrons. The topological polar surface area (TPSA) is 66.8 Å². The average Bonchev–Trinajstić information content (AvgIpc) is 2.47. The first kappa shape index (κ1) is 16.4. The van der Waals surface area contributed by atoms with Crippen molar-refractivity contribution < 1.29 is 18.3 Å². The molecule has 1 fully saturated rings. The summed E-state index contributed by atoms with van der Waals surface area (Å²) in [5.41, 5.74) is 1.14. The number of rotatable bonds is 5. The first-order valence-corrected chi connectivity index (χ1v) is 8.69. The minimum atomic E-state index is -3.51. The number of nitrogens with zero attached hydrogens (tertiary/aromatic N) is 1. The monoisotopic (exact) mass is 313 g/mol. The summed E-state index contributed by atoms with van der Waals surface area (Å²) in [4.78, 5) is 0.300. The molecule has 0 aromatic heterocycles. The van der Waals surface area contributed by atoms with E-state index in [0.29, 0.717) is 24.0 Å². The number of benzene rings is 1. The van der Waals surface area contributed by atoms with Crippen LogP contribution in [0.15, 0.2) is 29.2 Å². The van der Waals surface area contributed by atoms with Crippen LogP contribution >= 0.6 is 0 Å². The van der Waals surface area contributed by atoms with Crippen LogP contribution < -0.4 is 0 Å². The Morgan fingerprint density at radius 3 is 2.57 bits per heavy atom. The Morgan fingerprint density at radius 1 is 1.33 bits per heavy atom. The van der Waals surface area contributed by atoms with E-state index in [1.165, 1.54) is 4.31 Å². The van der Waals surface area contributed by atoms with Gasteiger partial charge in [-0.1, -0.05) is 26.0 Å². The number of ether oxygens (including phenoxy) is 1. The third kappa shape index (κ3) is 4.03. The average molecular weight is 313 g/mol. The molecule has 1 saturated heterocycles. The molecule has 1 atom stereocenters. The molecule has 0 amide bonds. The van der Waals surface area contributed by atoms with Gasteiger partial charge in [0.2, 0.25) is 10.0 Å². The molecule has 5 nitrogen and oxygen atoms in total. The Bertz CT molecular complexity index is 554. The number of morpholine rings is 1. The molecule has 1 N–H and O–H groups in total. The Kier molecular flexibility index (Phi) is 5.37. The van der Waals surface area contributed by atoms with Crippen molar-refractivity contribution in [2.24, 2.45) is 5.92 Å². The highest BCUT2D eigenvalue weighted by Crippen LogP contribution is 2.20. The number of sulfonamides is 1. The fourth-order valence-electron chi connectivity index (χ4n) is 2.44. The smallest absolute Gasteiger partial charge is 0.243 e. The zero-order chi connectivity index (χ0) is 15.5. The summed E-state index contributed by atoms with van der Waals surface area (Å²) in [5.74, 6) is 0.539. The van der Waals surface area contributed by atoms with E-state index in [4.69, 9.17) is 9.84 Å². The number of hydrogen-bond acceptors (Lipinski definition) is 4. The van der Waals surface area contributed by atoms with Crippen LogP contribution in [0.3, 0.4) is 0 Å². The fourth-order valence-corrected chi connectivity index (χ4v) is 3.89. The fraction of sp³-hybridized carbons (Fsp3) is 0.600. The van der Waals surface area contributed by atoms with E-state index in [0.717, 1.165) is 12.0 Å². The van der Waals surface area contributed by atoms with Gasteiger partial charge in [-0.3, -0.25) is 0 Å². The third-order valence-electron chi connectivity index (χ3n) is 3.51. The molecule has 21 heavy (non-hydrogen) atoms. The molecule has 2 rings (SSSR count). The second kappa shape index (κ2) is 6.87. The van der Waals surface area contributed by atoms with Crippen molar-refractivity contribution in [3.63, 3.8) is 0 Å². The molecule has 1 aromatic carbocycles. The van der Waals surface area contributed by atoms with E-state index in [9.17, 15) is 8.42 Å². The van der Waals surface area contributed by atoms with Gasteiger partial charge in [-0.2, -0.15) is 4.31 Å². The first-order chi connectivity index (χ1) is 9.93. The maximum atomic E-state index is 12.6. The standard InChI is InChI=1S/C15H23NO4S/c1-12(2)9-13-3-5-15(6-4-13)21(18,19)16-7-8-20-14(10-16)11-17/h3-6,12,14,17H,7-11H2,1-2H3. The van der Waals surface area contributed by atoms with Gasteiger partial charge < -0.3 is 9.84 Å². The van der Waals surface area contributed by atoms with Crippen molar-refractivity contribution in [3.05, 3.63) is 29.8 Å². The molecule has 0 radical (unpaired) electrons. The van der Waals surface area contributed by atoms with Gasteiger partial charge in [0.05, 0.1) is 24.2 Å². The summed E-state index contributed by atoms with van der Waals surface area (Å²) in [6, 6.07) is 7.07. The van der Waals surface area contributed by atoms with Crippen molar-refractivity contribution in [1.29, 1.82) is 0 Å². The lowest BCUT2D eigenvalue weighted by molar-refractivity contribution is -0.0304. The van der Waals surface area contributed by atoms with E-state index < -0.39 is 16.1 Å². The van der Waals surface area contributed by atoms with Crippen LogP contribution in [-0.2, 0) is 21.2 Å². The van der Waals surface area contributed by atoms with Crippen LogP contribution in [0, 0.1) is 5.92 Å². The Labute approximate surface area is 126 Å². The van der Waals surface area contributed by atoms with Gasteiger partial charge in [-0.25, -0.2) is 8.42 Å². The van der Waals surface area contributed by atoms with Gasteiger partial charge in [0.15, 0.2) is 0 Å². The predicted molar refractivity (Wildman–Crippen MR) is 80.6 cm³/mol. The van der Waals surface area contributed by atoms with Crippen LogP contribution in [0.2, 0.25) is 0 Å². The van der Waals surface area contributed by atoms with Crippen LogP contribution in [0.4, 0.5) is 0 Å². The molecule has 1 aliphatic heterocycles. The Morgan fingerprint density at radius 2 is 2.00 bits per heavy atom. The van der Waals surface area contributed by atoms with Crippen LogP contribution in [-0.4, -0.2) is 50.2 Å². The highest BCUT2D eigenvalue weighted by atomic mass is 32.2. The Hall–Kier alpha value is -0.950. The van der Waals surface area contributed by atoms with Crippen molar-refractivity contribution in [3.8, 4) is 0 Å². The van der Waals surface area contributed by atoms with Gasteiger partial charge in [0.25, 0.3) is 0 Å². The molecule has 6 heteroatoms. The summed E-state index contributed by atoms with van der Waals surface area (Å²) in [7, 11) is -3.51. The van der Waals surface area contributed by atoms with Crippen molar-refractivity contribution in [1.82, 2.24) is 4.31 Å². The molecular weight excluding hydrogens is 290 g/mol. The lowest BCUT2D eigenvalue weighted by Crippen LogP contribution is -2.46. The zero-order valence-corrected chi connectivity index (χ0v) is 13.3. The highest BCUT2D eigenvalue weighted by molar-refractivity contribution is 7.89. The van der Waals surface area contributed by atoms with Gasteiger partial charge in [-0.15, -0.1) is 0 Å². The van der Waals surface area contributed by atoms with Crippen molar-refractivity contribution in [2.75, 3.05) is 26.3 Å². The summed E-state index contributed by atoms with van der Waals surface area (Å²) in [5, 5.41) is 9.12. The number of aliphatic hydroxyl groups excluding tert-OH is 1. The Balaban J connectivity index is 2.15. The van der Waals surface area contributed by atoms with Crippen LogP contribution in [0.25, 0.3) is 0 Å². The molecule has 1 unspecified atom stereocenters. The van der Waals surface area contributed by atoms with E-state index in [1.807, 2.05) is 12.1 Å². The second-order valence-electron chi connectivity index (χ2n) is 5.78. The maximum absolute atomic E-state index is 12.6. The largest absolute Gasteiger partial charge is 0.394 e. The molecule has 1 aromatic rings. The SMILES string of the molecule is CC(C)Cc1ccc(S(=O)(=O)N2CCOC(CO)C2)cc1. The lowest BCUT2D eigenvalue weighted by Gasteiger charge is -2.31. The number of aliphatic hydroxyl groups is 1. The maximum Gasteiger partial charge on any atom is 0.243 e. The van der Waals surface area contributed by atoms with E-state index >= 15 is 0 Å². The molecule has 0 saturated carbocycles. The third-order valence-corrected chi connectivity index (χ3v) is 5.39. The molecular formula is C15H23NO4S. The van der Waals surface area contributed by atoms with Gasteiger partial charge in [-0.05, 0) is 30.0 Å². The minimum Gasteiger partial charge on any atom is -0.394 e. The summed E-state index contributed by atoms with van der Waals surface area (Å²) >= 11 is 0. The van der Waals surface area contributed by atoms with E-state index in [-0.39, 0.29) is 13.2 Å². The quantitative estimate of drug-likeness (QED) is 0.889. The van der Waals surface area contributed by atoms with E-state index in [2.05, 4.69) is 13.8 Å². The van der Waals surface area contributed by atoms with E-state index in [1.54, 1.807) is 12.1 Å². The molecule has 1 heterocycles. The van der Waals surface area contributed by atoms with Crippen LogP contribution in [0.1, 0.15) is 19.4 Å². The first-order valence-electron chi connectivity index (χ1n) is 7.25. The van der Waals surface area contributed by atoms with Gasteiger partial charge in [0.1, 0.15) is 0 Å². The summed E-state index contributed by atoms with van der Waals surface area (Å²) in [6.07, 6.45) is 0.499. The molecule has 0 aliphatic carbocycles. The van der Waals surface area contributed by atoms with Gasteiger partial charge >= 0.3 is 0 Å². The molecule has 0 spiro atoms. The second-order valence-corrected chi connectivity index (χ2v) is 7.72.